The Bertz CT molecular complexity index is 685. The van der Waals surface area contributed by atoms with Gasteiger partial charge in [-0.1, -0.05) is 37.3 Å². The normalized spacial score (nSPS) is 17.7. The molecule has 3 rings (SSSR count). The molecule has 4 heteroatoms. The fraction of sp³-hybridized carbons (Fsp3) is 0.409. The number of carbonyl (C=O) groups excluding carboxylic acids is 1. The highest BCUT2D eigenvalue weighted by molar-refractivity contribution is 5.94. The van der Waals surface area contributed by atoms with E-state index in [0.717, 1.165) is 18.2 Å². The third-order valence-corrected chi connectivity index (χ3v) is 4.76. The Morgan fingerprint density at radius 1 is 1.15 bits per heavy atom. The van der Waals surface area contributed by atoms with E-state index in [4.69, 9.17) is 4.74 Å². The average molecular weight is 352 g/mol. The van der Waals surface area contributed by atoms with Crippen LogP contribution in [-0.4, -0.2) is 37.0 Å². The first kappa shape index (κ1) is 18.5. The molecule has 26 heavy (non-hydrogen) atoms. The van der Waals surface area contributed by atoms with E-state index in [1.54, 1.807) is 0 Å². The van der Waals surface area contributed by atoms with Crippen molar-refractivity contribution in [3.05, 3.63) is 65.7 Å². The minimum absolute atomic E-state index is 0.0557. The number of nitrogens with zero attached hydrogens (tertiary/aromatic N) is 1. The summed E-state index contributed by atoms with van der Waals surface area (Å²) in [6, 6.07) is 17.6. The summed E-state index contributed by atoms with van der Waals surface area (Å²) in [6.07, 6.45) is 2.62. The van der Waals surface area contributed by atoms with Crippen molar-refractivity contribution in [2.45, 2.75) is 26.3 Å². The molecule has 1 aliphatic rings. The molecule has 0 aromatic heterocycles. The fourth-order valence-electron chi connectivity index (χ4n) is 3.40. The van der Waals surface area contributed by atoms with Gasteiger partial charge in [0.2, 0.25) is 0 Å². The molecule has 1 saturated heterocycles. The van der Waals surface area contributed by atoms with Crippen molar-refractivity contribution in [1.29, 1.82) is 0 Å². The van der Waals surface area contributed by atoms with Crippen molar-refractivity contribution in [3.63, 3.8) is 0 Å². The lowest BCUT2D eigenvalue weighted by Crippen LogP contribution is -2.33. The summed E-state index contributed by atoms with van der Waals surface area (Å²) >= 11 is 0. The van der Waals surface area contributed by atoms with Crippen molar-refractivity contribution < 1.29 is 9.53 Å². The highest BCUT2D eigenvalue weighted by Gasteiger charge is 2.16. The van der Waals surface area contributed by atoms with Crippen LogP contribution in [0.4, 0.5) is 0 Å². The standard InChI is InChI=1S/C22H28N2O2/c1-18-6-5-14-24(16-18)17-19-9-11-20(12-10-19)22(25)23-13-15-26-21-7-3-2-4-8-21/h2-4,7-12,18H,5-6,13-17H2,1H3,(H,23,25)/t18-/m0/s1. The van der Waals surface area contributed by atoms with Gasteiger partial charge in [-0.05, 0) is 55.1 Å². The molecule has 1 fully saturated rings. The van der Waals surface area contributed by atoms with Gasteiger partial charge in [0.15, 0.2) is 0 Å². The number of amides is 1. The van der Waals surface area contributed by atoms with Crippen molar-refractivity contribution in [2.24, 2.45) is 5.92 Å². The molecule has 1 N–H and O–H groups in total. The zero-order valence-electron chi connectivity index (χ0n) is 15.5. The molecular formula is C22H28N2O2. The zero-order valence-corrected chi connectivity index (χ0v) is 15.5. The Labute approximate surface area is 156 Å². The molecule has 4 nitrogen and oxygen atoms in total. The topological polar surface area (TPSA) is 41.6 Å². The summed E-state index contributed by atoms with van der Waals surface area (Å²) in [5.74, 6) is 1.55. The summed E-state index contributed by atoms with van der Waals surface area (Å²) in [6.45, 7) is 6.58. The Hall–Kier alpha value is -2.33. The first-order valence-electron chi connectivity index (χ1n) is 9.48. The second-order valence-corrected chi connectivity index (χ2v) is 7.10. The van der Waals surface area contributed by atoms with Crippen LogP contribution in [0.2, 0.25) is 0 Å². The van der Waals surface area contributed by atoms with E-state index in [-0.39, 0.29) is 5.91 Å². The van der Waals surface area contributed by atoms with Gasteiger partial charge in [-0.3, -0.25) is 9.69 Å². The molecule has 1 amide bonds. The van der Waals surface area contributed by atoms with Crippen molar-refractivity contribution in [1.82, 2.24) is 10.2 Å². The number of ether oxygens (including phenoxy) is 1. The summed E-state index contributed by atoms with van der Waals surface area (Å²) in [5, 5.41) is 2.90. The molecule has 1 aliphatic heterocycles. The van der Waals surface area contributed by atoms with Crippen LogP contribution >= 0.6 is 0 Å². The molecule has 0 bridgehead atoms. The van der Waals surface area contributed by atoms with Gasteiger partial charge in [-0.15, -0.1) is 0 Å². The van der Waals surface area contributed by atoms with Gasteiger partial charge in [0.05, 0.1) is 6.54 Å². The number of carbonyl (C=O) groups is 1. The molecule has 138 valence electrons. The number of hydrogen-bond donors (Lipinski definition) is 1. The van der Waals surface area contributed by atoms with Crippen LogP contribution in [0.3, 0.4) is 0 Å². The first-order valence-corrected chi connectivity index (χ1v) is 9.48. The largest absolute Gasteiger partial charge is 0.492 e. The van der Waals surface area contributed by atoms with Gasteiger partial charge in [-0.25, -0.2) is 0 Å². The van der Waals surface area contributed by atoms with E-state index in [0.29, 0.717) is 18.7 Å². The number of rotatable bonds is 7. The molecule has 0 unspecified atom stereocenters. The molecule has 0 spiro atoms. The zero-order chi connectivity index (χ0) is 18.2. The molecule has 1 heterocycles. The maximum atomic E-state index is 12.2. The maximum absolute atomic E-state index is 12.2. The molecule has 2 aromatic rings. The van der Waals surface area contributed by atoms with Crippen LogP contribution in [0.1, 0.15) is 35.7 Å². The smallest absolute Gasteiger partial charge is 0.251 e. The number of hydrogen-bond acceptors (Lipinski definition) is 3. The number of nitrogens with one attached hydrogen (secondary N) is 1. The number of likely N-dealkylation sites (tertiary alicyclic amines) is 1. The van der Waals surface area contributed by atoms with Gasteiger partial charge in [-0.2, -0.15) is 0 Å². The minimum atomic E-state index is -0.0557. The van der Waals surface area contributed by atoms with E-state index in [1.807, 2.05) is 42.5 Å². The second-order valence-electron chi connectivity index (χ2n) is 7.10. The van der Waals surface area contributed by atoms with E-state index < -0.39 is 0 Å². The van der Waals surface area contributed by atoms with Crippen LogP contribution in [0, 0.1) is 5.92 Å². The quantitative estimate of drug-likeness (QED) is 0.772. The molecular weight excluding hydrogens is 324 g/mol. The Balaban J connectivity index is 1.41. The van der Waals surface area contributed by atoms with E-state index in [1.165, 1.54) is 31.5 Å². The van der Waals surface area contributed by atoms with Crippen LogP contribution in [0.5, 0.6) is 5.75 Å². The van der Waals surface area contributed by atoms with Gasteiger partial charge < -0.3 is 10.1 Å². The van der Waals surface area contributed by atoms with E-state index in [2.05, 4.69) is 29.3 Å². The minimum Gasteiger partial charge on any atom is -0.492 e. The van der Waals surface area contributed by atoms with Gasteiger partial charge >= 0.3 is 0 Å². The fourth-order valence-corrected chi connectivity index (χ4v) is 3.40. The van der Waals surface area contributed by atoms with E-state index in [9.17, 15) is 4.79 Å². The lowest BCUT2D eigenvalue weighted by Gasteiger charge is -2.30. The van der Waals surface area contributed by atoms with Crippen LogP contribution in [-0.2, 0) is 6.54 Å². The third-order valence-electron chi connectivity index (χ3n) is 4.76. The molecule has 0 aliphatic carbocycles. The SMILES string of the molecule is C[C@H]1CCCN(Cc2ccc(C(=O)NCCOc3ccccc3)cc2)C1. The lowest BCUT2D eigenvalue weighted by molar-refractivity contribution is 0.0947. The highest BCUT2D eigenvalue weighted by atomic mass is 16.5. The van der Waals surface area contributed by atoms with Crippen molar-refractivity contribution in [2.75, 3.05) is 26.2 Å². The van der Waals surface area contributed by atoms with Crippen LogP contribution in [0.15, 0.2) is 54.6 Å². The summed E-state index contributed by atoms with van der Waals surface area (Å²) in [4.78, 5) is 14.7. The Morgan fingerprint density at radius 2 is 1.92 bits per heavy atom. The van der Waals surface area contributed by atoms with E-state index >= 15 is 0 Å². The molecule has 0 radical (unpaired) electrons. The van der Waals surface area contributed by atoms with Gasteiger partial charge in [0, 0.05) is 18.7 Å². The third kappa shape index (κ3) is 5.60. The number of benzene rings is 2. The predicted octanol–water partition coefficient (Wildman–Crippen LogP) is 3.73. The molecule has 0 saturated carbocycles. The molecule has 1 atom stereocenters. The Morgan fingerprint density at radius 3 is 2.65 bits per heavy atom. The summed E-state index contributed by atoms with van der Waals surface area (Å²) in [7, 11) is 0. The lowest BCUT2D eigenvalue weighted by atomic mass is 9.99. The monoisotopic (exact) mass is 352 g/mol. The van der Waals surface area contributed by atoms with Crippen LogP contribution in [0.25, 0.3) is 0 Å². The number of para-hydroxylation sites is 1. The summed E-state index contributed by atoms with van der Waals surface area (Å²) < 4.78 is 5.58. The van der Waals surface area contributed by atoms with Gasteiger partial charge in [0.1, 0.15) is 12.4 Å². The maximum Gasteiger partial charge on any atom is 0.251 e. The van der Waals surface area contributed by atoms with Crippen molar-refractivity contribution in [3.8, 4) is 5.75 Å². The second kappa shape index (κ2) is 9.39. The average Bonchev–Trinajstić information content (AvgIpc) is 2.66. The Kier molecular flexibility index (Phi) is 6.67. The molecule has 2 aromatic carbocycles. The first-order chi connectivity index (χ1) is 12.7. The predicted molar refractivity (Wildman–Crippen MR) is 104 cm³/mol. The van der Waals surface area contributed by atoms with Gasteiger partial charge in [0.25, 0.3) is 5.91 Å². The summed E-state index contributed by atoms with van der Waals surface area (Å²) in [5.41, 5.74) is 1.96. The highest BCUT2D eigenvalue weighted by Crippen LogP contribution is 2.18. The van der Waals surface area contributed by atoms with Crippen molar-refractivity contribution >= 4 is 5.91 Å². The number of piperidine rings is 1. The van der Waals surface area contributed by atoms with Crippen LogP contribution < -0.4 is 10.1 Å².